The van der Waals surface area contributed by atoms with Gasteiger partial charge in [0.2, 0.25) is 0 Å². The van der Waals surface area contributed by atoms with Crippen LogP contribution in [0.3, 0.4) is 0 Å². The van der Waals surface area contributed by atoms with E-state index in [1.807, 2.05) is 13.8 Å². The average molecular weight is 371 g/mol. The van der Waals surface area contributed by atoms with Crippen molar-refractivity contribution in [2.75, 3.05) is 13.2 Å². The van der Waals surface area contributed by atoms with Gasteiger partial charge >= 0.3 is 0 Å². The van der Waals surface area contributed by atoms with Gasteiger partial charge in [0.1, 0.15) is 5.82 Å². The van der Waals surface area contributed by atoms with Crippen LogP contribution in [0.2, 0.25) is 5.02 Å². The molecule has 4 rings (SSSR count). The minimum Gasteiger partial charge on any atom is -0.381 e. The van der Waals surface area contributed by atoms with Crippen LogP contribution < -0.4 is 0 Å². The van der Waals surface area contributed by atoms with E-state index < -0.39 is 0 Å². The second-order valence-electron chi connectivity index (χ2n) is 6.84. The summed E-state index contributed by atoms with van der Waals surface area (Å²) in [5, 5.41) is 0.385. The standard InChI is InChI=1S/C21H20ClFN2O/c1-12-13(2)25-21-18(17-4-3-16(23)11-19(17)22)9-15(10-20(21)24-12)14-5-7-26-8-6-14/h3-4,9-11,14H,5-8H2,1-2H3. The highest BCUT2D eigenvalue weighted by Crippen LogP contribution is 2.37. The predicted octanol–water partition coefficient (Wildman–Crippen LogP) is 5.60. The van der Waals surface area contributed by atoms with E-state index in [2.05, 4.69) is 12.1 Å². The van der Waals surface area contributed by atoms with Crippen LogP contribution in [0.25, 0.3) is 22.2 Å². The van der Waals surface area contributed by atoms with E-state index >= 15 is 0 Å². The van der Waals surface area contributed by atoms with E-state index in [1.54, 1.807) is 6.07 Å². The summed E-state index contributed by atoms with van der Waals surface area (Å²) in [7, 11) is 0. The molecule has 3 aromatic rings. The fourth-order valence-electron chi connectivity index (χ4n) is 3.53. The molecule has 0 unspecified atom stereocenters. The number of rotatable bonds is 2. The minimum atomic E-state index is -0.346. The van der Waals surface area contributed by atoms with E-state index in [1.165, 1.54) is 17.7 Å². The quantitative estimate of drug-likeness (QED) is 0.589. The molecular weight excluding hydrogens is 351 g/mol. The molecule has 2 heterocycles. The van der Waals surface area contributed by atoms with Gasteiger partial charge in [-0.1, -0.05) is 11.6 Å². The van der Waals surface area contributed by atoms with Crippen molar-refractivity contribution < 1.29 is 9.13 Å². The Bertz CT molecular complexity index is 983. The normalized spacial score (nSPS) is 15.5. The lowest BCUT2D eigenvalue weighted by molar-refractivity contribution is 0.0853. The Hall–Kier alpha value is -2.04. The zero-order valence-electron chi connectivity index (χ0n) is 14.9. The molecule has 1 aromatic heterocycles. The molecule has 0 atom stereocenters. The highest BCUT2D eigenvalue weighted by molar-refractivity contribution is 6.33. The van der Waals surface area contributed by atoms with Crippen LogP contribution in [0.1, 0.15) is 35.7 Å². The molecule has 5 heteroatoms. The van der Waals surface area contributed by atoms with Crippen molar-refractivity contribution in [3.63, 3.8) is 0 Å². The van der Waals surface area contributed by atoms with Crippen molar-refractivity contribution in [2.45, 2.75) is 32.6 Å². The Morgan fingerprint density at radius 2 is 1.73 bits per heavy atom. The maximum atomic E-state index is 13.5. The van der Waals surface area contributed by atoms with Crippen LogP contribution in [-0.2, 0) is 4.74 Å². The van der Waals surface area contributed by atoms with Crippen molar-refractivity contribution in [3.8, 4) is 11.1 Å². The molecule has 0 amide bonds. The summed E-state index contributed by atoms with van der Waals surface area (Å²) in [6.45, 7) is 5.46. The van der Waals surface area contributed by atoms with Gasteiger partial charge in [-0.2, -0.15) is 0 Å². The fourth-order valence-corrected chi connectivity index (χ4v) is 3.80. The topological polar surface area (TPSA) is 35.0 Å². The Morgan fingerprint density at radius 1 is 1.00 bits per heavy atom. The van der Waals surface area contributed by atoms with Gasteiger partial charge in [0.15, 0.2) is 0 Å². The van der Waals surface area contributed by atoms with Gasteiger partial charge in [0, 0.05) is 24.3 Å². The average Bonchev–Trinajstić information content (AvgIpc) is 2.63. The van der Waals surface area contributed by atoms with E-state index in [0.717, 1.165) is 59.6 Å². The summed E-state index contributed by atoms with van der Waals surface area (Å²) in [4.78, 5) is 9.51. The largest absolute Gasteiger partial charge is 0.381 e. The van der Waals surface area contributed by atoms with Gasteiger partial charge in [-0.3, -0.25) is 0 Å². The summed E-state index contributed by atoms with van der Waals surface area (Å²) >= 11 is 6.37. The first-order valence-corrected chi connectivity index (χ1v) is 9.23. The minimum absolute atomic E-state index is 0.346. The van der Waals surface area contributed by atoms with Crippen molar-refractivity contribution >= 4 is 22.6 Å². The van der Waals surface area contributed by atoms with Crippen molar-refractivity contribution in [2.24, 2.45) is 0 Å². The lowest BCUT2D eigenvalue weighted by Crippen LogP contribution is -2.14. The Balaban J connectivity index is 1.97. The van der Waals surface area contributed by atoms with Crippen molar-refractivity contribution in [3.05, 3.63) is 58.1 Å². The molecule has 0 radical (unpaired) electrons. The monoisotopic (exact) mass is 370 g/mol. The van der Waals surface area contributed by atoms with Gasteiger partial charge in [-0.25, -0.2) is 14.4 Å². The summed E-state index contributed by atoms with van der Waals surface area (Å²) in [6, 6.07) is 8.77. The van der Waals surface area contributed by atoms with Gasteiger partial charge < -0.3 is 4.74 Å². The van der Waals surface area contributed by atoms with E-state index in [0.29, 0.717) is 10.9 Å². The third-order valence-corrected chi connectivity index (χ3v) is 5.43. The van der Waals surface area contributed by atoms with Crippen LogP contribution in [0.5, 0.6) is 0 Å². The molecule has 3 nitrogen and oxygen atoms in total. The Kier molecular flexibility index (Phi) is 4.63. The SMILES string of the molecule is Cc1nc2cc(C3CCOCC3)cc(-c3ccc(F)cc3Cl)c2nc1C. The maximum Gasteiger partial charge on any atom is 0.124 e. The predicted molar refractivity (Wildman–Crippen MR) is 102 cm³/mol. The molecule has 0 N–H and O–H groups in total. The zero-order valence-corrected chi connectivity index (χ0v) is 15.6. The number of hydrogen-bond donors (Lipinski definition) is 0. The second-order valence-corrected chi connectivity index (χ2v) is 7.25. The summed E-state index contributed by atoms with van der Waals surface area (Å²) < 4.78 is 19.0. The van der Waals surface area contributed by atoms with Gasteiger partial charge in [0.25, 0.3) is 0 Å². The van der Waals surface area contributed by atoms with Crippen LogP contribution >= 0.6 is 11.6 Å². The maximum absolute atomic E-state index is 13.5. The summed E-state index contributed by atoms with van der Waals surface area (Å²) in [6.07, 6.45) is 1.97. The Labute approximate surface area is 157 Å². The van der Waals surface area contributed by atoms with Crippen molar-refractivity contribution in [1.29, 1.82) is 0 Å². The number of hydrogen-bond acceptors (Lipinski definition) is 3. The van der Waals surface area contributed by atoms with Crippen LogP contribution in [0.15, 0.2) is 30.3 Å². The number of halogens is 2. The molecule has 1 fully saturated rings. The van der Waals surface area contributed by atoms with Crippen LogP contribution in [0.4, 0.5) is 4.39 Å². The highest BCUT2D eigenvalue weighted by atomic mass is 35.5. The number of nitrogens with zero attached hydrogens (tertiary/aromatic N) is 2. The molecule has 0 bridgehead atoms. The van der Waals surface area contributed by atoms with Gasteiger partial charge in [-0.05, 0) is 68.5 Å². The van der Waals surface area contributed by atoms with Gasteiger partial charge in [-0.15, -0.1) is 0 Å². The summed E-state index contributed by atoms with van der Waals surface area (Å²) in [5.41, 5.74) is 6.36. The molecule has 2 aromatic carbocycles. The highest BCUT2D eigenvalue weighted by Gasteiger charge is 2.20. The first-order valence-electron chi connectivity index (χ1n) is 8.85. The number of benzene rings is 2. The molecule has 1 aliphatic rings. The lowest BCUT2D eigenvalue weighted by Gasteiger charge is -2.23. The van der Waals surface area contributed by atoms with E-state index in [4.69, 9.17) is 26.3 Å². The Morgan fingerprint density at radius 3 is 2.46 bits per heavy atom. The van der Waals surface area contributed by atoms with Gasteiger partial charge in [0.05, 0.1) is 27.4 Å². The third kappa shape index (κ3) is 3.19. The smallest absolute Gasteiger partial charge is 0.124 e. The number of ether oxygens (including phenoxy) is 1. The molecule has 1 aliphatic heterocycles. The molecule has 0 aliphatic carbocycles. The molecule has 134 valence electrons. The lowest BCUT2D eigenvalue weighted by atomic mass is 9.88. The first-order chi connectivity index (χ1) is 12.5. The van der Waals surface area contributed by atoms with E-state index in [9.17, 15) is 4.39 Å². The van der Waals surface area contributed by atoms with E-state index in [-0.39, 0.29) is 5.82 Å². The first kappa shape index (κ1) is 17.4. The molecule has 1 saturated heterocycles. The molecule has 0 saturated carbocycles. The second kappa shape index (κ2) is 6.93. The molecular formula is C21H20ClFN2O. The number of aromatic nitrogens is 2. The number of fused-ring (bicyclic) bond motifs is 1. The zero-order chi connectivity index (χ0) is 18.3. The fraction of sp³-hybridized carbons (Fsp3) is 0.333. The van der Waals surface area contributed by atoms with Crippen molar-refractivity contribution in [1.82, 2.24) is 9.97 Å². The van der Waals surface area contributed by atoms with Crippen LogP contribution in [0, 0.1) is 19.7 Å². The number of aryl methyl sites for hydroxylation is 2. The van der Waals surface area contributed by atoms with Crippen LogP contribution in [-0.4, -0.2) is 23.2 Å². The molecule has 0 spiro atoms. The summed E-state index contributed by atoms with van der Waals surface area (Å²) in [5.74, 6) is 0.0799. The molecule has 26 heavy (non-hydrogen) atoms. The third-order valence-electron chi connectivity index (χ3n) is 5.12.